The van der Waals surface area contributed by atoms with Crippen molar-refractivity contribution in [3.63, 3.8) is 0 Å². The molecular weight excluding hydrogens is 252 g/mol. The topological polar surface area (TPSA) is 60.4 Å². The molecule has 0 atom stereocenters. The maximum atomic E-state index is 12.2. The molecule has 0 fully saturated rings. The molecule has 0 amide bonds. The predicted molar refractivity (Wildman–Crippen MR) is 67.3 cm³/mol. The first-order valence-corrected chi connectivity index (χ1v) is 7.34. The minimum atomic E-state index is -3.32. The standard InChI is InChI=1S/C13H16O4S/c1-13(2)7-10-5-4-9(12(14)17-3)6-11(10)18(15,16)8-13/h4-6H,7-8H2,1-3H3. The number of methoxy groups -OCH3 is 1. The van der Waals surface area contributed by atoms with Crippen molar-refractivity contribution in [3.8, 4) is 0 Å². The molecule has 0 saturated carbocycles. The number of esters is 1. The quantitative estimate of drug-likeness (QED) is 0.729. The minimum Gasteiger partial charge on any atom is -0.465 e. The Balaban J connectivity index is 2.58. The van der Waals surface area contributed by atoms with Crippen molar-refractivity contribution in [2.45, 2.75) is 25.2 Å². The van der Waals surface area contributed by atoms with Crippen LogP contribution in [0.2, 0.25) is 0 Å². The Labute approximate surface area is 107 Å². The summed E-state index contributed by atoms with van der Waals surface area (Å²) >= 11 is 0. The van der Waals surface area contributed by atoms with Crippen LogP contribution in [0.25, 0.3) is 0 Å². The molecular formula is C13H16O4S. The summed E-state index contributed by atoms with van der Waals surface area (Å²) in [5.74, 6) is -0.407. The fraction of sp³-hybridized carbons (Fsp3) is 0.462. The van der Waals surface area contributed by atoms with Crippen molar-refractivity contribution >= 4 is 15.8 Å². The summed E-state index contributed by atoms with van der Waals surface area (Å²) in [5, 5.41) is 0. The third-order valence-electron chi connectivity index (χ3n) is 3.07. The lowest BCUT2D eigenvalue weighted by Crippen LogP contribution is -2.32. The van der Waals surface area contributed by atoms with E-state index in [1.54, 1.807) is 12.1 Å². The molecule has 4 nitrogen and oxygen atoms in total. The van der Waals surface area contributed by atoms with Crippen molar-refractivity contribution in [1.29, 1.82) is 0 Å². The zero-order valence-electron chi connectivity index (χ0n) is 10.7. The highest BCUT2D eigenvalue weighted by molar-refractivity contribution is 7.91. The average molecular weight is 268 g/mol. The van der Waals surface area contributed by atoms with Crippen molar-refractivity contribution in [2.24, 2.45) is 5.41 Å². The highest BCUT2D eigenvalue weighted by Crippen LogP contribution is 2.35. The lowest BCUT2D eigenvalue weighted by molar-refractivity contribution is 0.0600. The van der Waals surface area contributed by atoms with Crippen LogP contribution < -0.4 is 0 Å². The fourth-order valence-corrected chi connectivity index (χ4v) is 4.53. The van der Waals surface area contributed by atoms with E-state index in [0.717, 1.165) is 5.56 Å². The van der Waals surface area contributed by atoms with Gasteiger partial charge in [0.1, 0.15) is 0 Å². The van der Waals surface area contributed by atoms with Gasteiger partial charge in [-0.2, -0.15) is 0 Å². The smallest absolute Gasteiger partial charge is 0.337 e. The van der Waals surface area contributed by atoms with Crippen LogP contribution in [0, 0.1) is 5.41 Å². The number of carbonyl (C=O) groups excluding carboxylic acids is 1. The van der Waals surface area contributed by atoms with Crippen LogP contribution in [-0.4, -0.2) is 27.2 Å². The van der Waals surface area contributed by atoms with E-state index in [1.165, 1.54) is 13.2 Å². The Morgan fingerprint density at radius 3 is 2.61 bits per heavy atom. The van der Waals surface area contributed by atoms with E-state index in [2.05, 4.69) is 4.74 Å². The van der Waals surface area contributed by atoms with Gasteiger partial charge in [-0.25, -0.2) is 13.2 Å². The number of sulfone groups is 1. The van der Waals surface area contributed by atoms with Gasteiger partial charge in [0.05, 0.1) is 23.3 Å². The SMILES string of the molecule is COC(=O)c1ccc2c(c1)S(=O)(=O)CC(C)(C)C2. The molecule has 0 saturated heterocycles. The lowest BCUT2D eigenvalue weighted by Gasteiger charge is -2.30. The second kappa shape index (κ2) is 4.09. The molecule has 0 radical (unpaired) electrons. The van der Waals surface area contributed by atoms with E-state index in [0.29, 0.717) is 6.42 Å². The van der Waals surface area contributed by atoms with Crippen LogP contribution in [0.1, 0.15) is 29.8 Å². The fourth-order valence-electron chi connectivity index (χ4n) is 2.39. The molecule has 2 rings (SSSR count). The molecule has 5 heteroatoms. The third kappa shape index (κ3) is 2.27. The summed E-state index contributed by atoms with van der Waals surface area (Å²) in [4.78, 5) is 11.7. The van der Waals surface area contributed by atoms with Gasteiger partial charge in [0.25, 0.3) is 0 Å². The van der Waals surface area contributed by atoms with Crippen molar-refractivity contribution in [1.82, 2.24) is 0 Å². The summed E-state index contributed by atoms with van der Waals surface area (Å²) in [5.41, 5.74) is 0.789. The minimum absolute atomic E-state index is 0.109. The van der Waals surface area contributed by atoms with Gasteiger partial charge in [0.15, 0.2) is 9.84 Å². The number of benzene rings is 1. The summed E-state index contributed by atoms with van der Waals surface area (Å²) < 4.78 is 29.0. The summed E-state index contributed by atoms with van der Waals surface area (Å²) in [6.07, 6.45) is 0.697. The van der Waals surface area contributed by atoms with Crippen molar-refractivity contribution < 1.29 is 17.9 Å². The van der Waals surface area contributed by atoms with Crippen LogP contribution in [0.3, 0.4) is 0 Å². The van der Waals surface area contributed by atoms with Crippen LogP contribution >= 0.6 is 0 Å². The Kier molecular flexibility index (Phi) is 2.97. The highest BCUT2D eigenvalue weighted by Gasteiger charge is 2.35. The summed E-state index contributed by atoms with van der Waals surface area (Å²) in [6.45, 7) is 3.86. The molecule has 98 valence electrons. The lowest BCUT2D eigenvalue weighted by atomic mass is 9.87. The Morgan fingerprint density at radius 2 is 2.00 bits per heavy atom. The van der Waals surface area contributed by atoms with Crippen LogP contribution in [-0.2, 0) is 21.0 Å². The second-order valence-corrected chi connectivity index (χ2v) is 7.37. The van der Waals surface area contributed by atoms with Gasteiger partial charge >= 0.3 is 5.97 Å². The Morgan fingerprint density at radius 1 is 1.33 bits per heavy atom. The number of fused-ring (bicyclic) bond motifs is 1. The van der Waals surface area contributed by atoms with Gasteiger partial charge in [0.2, 0.25) is 0 Å². The molecule has 18 heavy (non-hydrogen) atoms. The first kappa shape index (κ1) is 13.1. The van der Waals surface area contributed by atoms with E-state index in [1.807, 2.05) is 13.8 Å². The molecule has 0 aromatic heterocycles. The molecule has 1 aromatic rings. The zero-order chi connectivity index (χ0) is 13.6. The molecule has 1 heterocycles. The molecule has 0 bridgehead atoms. The number of hydrogen-bond donors (Lipinski definition) is 0. The number of carbonyl (C=O) groups is 1. The van der Waals surface area contributed by atoms with Gasteiger partial charge in [-0.15, -0.1) is 0 Å². The van der Waals surface area contributed by atoms with E-state index < -0.39 is 15.8 Å². The van der Waals surface area contributed by atoms with E-state index in [9.17, 15) is 13.2 Å². The van der Waals surface area contributed by atoms with Crippen LogP contribution in [0.5, 0.6) is 0 Å². The van der Waals surface area contributed by atoms with Gasteiger partial charge in [0, 0.05) is 0 Å². The predicted octanol–water partition coefficient (Wildman–Crippen LogP) is 1.83. The largest absolute Gasteiger partial charge is 0.465 e. The van der Waals surface area contributed by atoms with E-state index in [4.69, 9.17) is 0 Å². The number of rotatable bonds is 1. The molecule has 1 aliphatic rings. The second-order valence-electron chi connectivity index (χ2n) is 5.41. The van der Waals surface area contributed by atoms with Gasteiger partial charge in [-0.3, -0.25) is 0 Å². The molecule has 0 N–H and O–H groups in total. The Hall–Kier alpha value is -1.36. The van der Waals surface area contributed by atoms with Crippen molar-refractivity contribution in [3.05, 3.63) is 29.3 Å². The number of ether oxygens (including phenoxy) is 1. The summed E-state index contributed by atoms with van der Waals surface area (Å²) in [7, 11) is -2.04. The first-order chi connectivity index (χ1) is 8.25. The molecule has 1 aromatic carbocycles. The van der Waals surface area contributed by atoms with E-state index in [-0.39, 0.29) is 21.6 Å². The Bertz CT molecular complexity index is 599. The van der Waals surface area contributed by atoms with Crippen LogP contribution in [0.4, 0.5) is 0 Å². The maximum absolute atomic E-state index is 12.2. The monoisotopic (exact) mass is 268 g/mol. The molecule has 1 aliphatic heterocycles. The van der Waals surface area contributed by atoms with Crippen molar-refractivity contribution in [2.75, 3.05) is 12.9 Å². The third-order valence-corrected chi connectivity index (χ3v) is 5.28. The first-order valence-electron chi connectivity index (χ1n) is 5.69. The highest BCUT2D eigenvalue weighted by atomic mass is 32.2. The normalized spacial score (nSPS) is 19.9. The molecule has 0 aliphatic carbocycles. The maximum Gasteiger partial charge on any atom is 0.337 e. The van der Waals surface area contributed by atoms with Gasteiger partial charge in [-0.05, 0) is 29.5 Å². The summed E-state index contributed by atoms with van der Waals surface area (Å²) in [6, 6.07) is 4.74. The molecule has 0 spiro atoms. The molecule has 0 unspecified atom stereocenters. The van der Waals surface area contributed by atoms with E-state index >= 15 is 0 Å². The number of hydrogen-bond acceptors (Lipinski definition) is 4. The average Bonchev–Trinajstić information content (AvgIpc) is 2.25. The van der Waals surface area contributed by atoms with Gasteiger partial charge in [-0.1, -0.05) is 19.9 Å². The van der Waals surface area contributed by atoms with Gasteiger partial charge < -0.3 is 4.74 Å². The van der Waals surface area contributed by atoms with Crippen LogP contribution in [0.15, 0.2) is 23.1 Å². The zero-order valence-corrected chi connectivity index (χ0v) is 11.5.